The Morgan fingerprint density at radius 2 is 1.61 bits per heavy atom. The van der Waals surface area contributed by atoms with Crippen molar-refractivity contribution >= 4 is 22.0 Å². The van der Waals surface area contributed by atoms with E-state index in [0.29, 0.717) is 18.6 Å². The molecule has 0 spiro atoms. The van der Waals surface area contributed by atoms with E-state index in [4.69, 9.17) is 9.47 Å². The van der Waals surface area contributed by atoms with E-state index in [0.717, 1.165) is 5.56 Å². The van der Waals surface area contributed by atoms with Crippen LogP contribution in [0.1, 0.15) is 43.2 Å². The Labute approximate surface area is 220 Å². The number of aryl methyl sites for hydroxylation is 1. The van der Waals surface area contributed by atoms with Crippen LogP contribution in [0.25, 0.3) is 0 Å². The van der Waals surface area contributed by atoms with Gasteiger partial charge in [0.25, 0.3) is 0 Å². The molecule has 4 rings (SSSR count). The lowest BCUT2D eigenvalue weighted by atomic mass is 10.00. The Hall–Kier alpha value is -3.76. The van der Waals surface area contributed by atoms with Crippen molar-refractivity contribution in [3.8, 4) is 11.5 Å². The number of halogens is 1. The largest absolute Gasteiger partial charge is 0.481 e. The summed E-state index contributed by atoms with van der Waals surface area (Å²) in [6.45, 7) is 0.0163. The topological polar surface area (TPSA) is 119 Å². The second-order valence-electron chi connectivity index (χ2n) is 9.18. The predicted octanol–water partition coefficient (Wildman–Crippen LogP) is 4.97. The molecule has 0 amide bonds. The van der Waals surface area contributed by atoms with Crippen LogP contribution in [0.3, 0.4) is 0 Å². The van der Waals surface area contributed by atoms with Crippen LogP contribution in [0.2, 0.25) is 0 Å². The minimum Gasteiger partial charge on any atom is -0.481 e. The molecule has 1 saturated carbocycles. The Morgan fingerprint density at radius 3 is 2.26 bits per heavy atom. The Balaban J connectivity index is 1.59. The fourth-order valence-electron chi connectivity index (χ4n) is 4.46. The smallest absolute Gasteiger partial charge is 0.327 e. The van der Waals surface area contributed by atoms with Crippen LogP contribution in [0.4, 0.5) is 4.39 Å². The highest BCUT2D eigenvalue weighted by Crippen LogP contribution is 2.34. The van der Waals surface area contributed by atoms with E-state index in [1.807, 2.05) is 30.3 Å². The summed E-state index contributed by atoms with van der Waals surface area (Å²) in [7, 11) is -4.25. The van der Waals surface area contributed by atoms with Gasteiger partial charge in [-0.2, -0.15) is 4.72 Å². The zero-order chi connectivity index (χ0) is 27.2. The number of benzene rings is 3. The SMILES string of the molecule is O=C(O)CCc1cc(Oc2ccc(F)cc2)ccc1S(=O)(=O)NC1(C(=O)OCc2ccccc2)CCCC1. The van der Waals surface area contributed by atoms with Crippen molar-refractivity contribution in [1.29, 1.82) is 0 Å². The summed E-state index contributed by atoms with van der Waals surface area (Å²) in [6, 6.07) is 18.6. The van der Waals surface area contributed by atoms with Gasteiger partial charge in [-0.05, 0) is 72.9 Å². The maximum atomic E-state index is 13.6. The standard InChI is InChI=1S/C28H28FNO7S/c29-22-9-11-23(12-10-22)37-24-13-14-25(21(18-24)8-15-26(31)32)38(34,35)30-28(16-4-5-17-28)27(33)36-19-20-6-2-1-3-7-20/h1-3,6-7,9-14,18,30H,4-5,8,15-17,19H2,(H,31,32). The molecule has 8 nitrogen and oxygen atoms in total. The van der Waals surface area contributed by atoms with Gasteiger partial charge >= 0.3 is 11.9 Å². The van der Waals surface area contributed by atoms with Gasteiger partial charge in [-0.3, -0.25) is 9.59 Å². The van der Waals surface area contributed by atoms with Crippen molar-refractivity contribution in [2.75, 3.05) is 0 Å². The molecular formula is C28H28FNO7S. The maximum absolute atomic E-state index is 13.6. The van der Waals surface area contributed by atoms with Crippen LogP contribution >= 0.6 is 0 Å². The van der Waals surface area contributed by atoms with E-state index in [-0.39, 0.29) is 48.5 Å². The zero-order valence-electron chi connectivity index (χ0n) is 20.6. The monoisotopic (exact) mass is 541 g/mol. The van der Waals surface area contributed by atoms with Crippen LogP contribution in [-0.4, -0.2) is 31.0 Å². The molecule has 10 heteroatoms. The number of nitrogens with one attached hydrogen (secondary N) is 1. The Bertz CT molecular complexity index is 1390. The Kier molecular flexibility index (Phi) is 8.43. The van der Waals surface area contributed by atoms with E-state index in [1.54, 1.807) is 0 Å². The molecule has 1 aliphatic carbocycles. The number of carboxylic acid groups (broad SMARTS) is 1. The molecule has 200 valence electrons. The number of hydrogen-bond donors (Lipinski definition) is 2. The molecule has 0 saturated heterocycles. The molecule has 0 atom stereocenters. The van der Waals surface area contributed by atoms with Gasteiger partial charge in [0, 0.05) is 6.42 Å². The summed E-state index contributed by atoms with van der Waals surface area (Å²) < 4.78 is 54.2. The first kappa shape index (κ1) is 27.3. The number of aliphatic carboxylic acids is 1. The summed E-state index contributed by atoms with van der Waals surface area (Å²) in [5.74, 6) is -1.59. The summed E-state index contributed by atoms with van der Waals surface area (Å²) >= 11 is 0. The molecule has 2 N–H and O–H groups in total. The Morgan fingerprint density at radius 1 is 0.947 bits per heavy atom. The van der Waals surface area contributed by atoms with E-state index < -0.39 is 33.3 Å². The van der Waals surface area contributed by atoms with E-state index in [9.17, 15) is 27.5 Å². The average molecular weight is 542 g/mol. The van der Waals surface area contributed by atoms with E-state index in [2.05, 4.69) is 4.72 Å². The number of carboxylic acids is 1. The molecule has 0 radical (unpaired) electrons. The molecule has 0 aliphatic heterocycles. The van der Waals surface area contributed by atoms with Crippen LogP contribution in [0, 0.1) is 5.82 Å². The van der Waals surface area contributed by atoms with Gasteiger partial charge in [0.2, 0.25) is 10.0 Å². The number of hydrogen-bond acceptors (Lipinski definition) is 6. The normalized spacial score (nSPS) is 14.7. The lowest BCUT2D eigenvalue weighted by Crippen LogP contribution is -2.53. The number of carbonyl (C=O) groups excluding carboxylic acids is 1. The number of carbonyl (C=O) groups is 2. The average Bonchev–Trinajstić information content (AvgIpc) is 3.37. The third-order valence-corrected chi connectivity index (χ3v) is 8.01. The van der Waals surface area contributed by atoms with Crippen molar-refractivity contribution in [3.63, 3.8) is 0 Å². The second-order valence-corrected chi connectivity index (χ2v) is 10.8. The highest BCUT2D eigenvalue weighted by molar-refractivity contribution is 7.89. The molecule has 3 aromatic carbocycles. The molecule has 1 aliphatic rings. The first-order valence-electron chi connectivity index (χ1n) is 12.2. The van der Waals surface area contributed by atoms with Crippen molar-refractivity contribution in [3.05, 3.63) is 89.7 Å². The fourth-order valence-corrected chi connectivity index (χ4v) is 6.12. The highest BCUT2D eigenvalue weighted by atomic mass is 32.2. The predicted molar refractivity (Wildman–Crippen MR) is 137 cm³/mol. The van der Waals surface area contributed by atoms with Crippen molar-refractivity contribution in [1.82, 2.24) is 4.72 Å². The third-order valence-electron chi connectivity index (χ3n) is 6.37. The lowest BCUT2D eigenvalue weighted by Gasteiger charge is -2.28. The van der Waals surface area contributed by atoms with Gasteiger partial charge in [-0.1, -0.05) is 43.2 Å². The number of sulfonamides is 1. The summed E-state index contributed by atoms with van der Waals surface area (Å²) in [5.41, 5.74) is -0.420. The van der Waals surface area contributed by atoms with Gasteiger partial charge < -0.3 is 14.6 Å². The molecule has 0 aromatic heterocycles. The fraction of sp³-hybridized carbons (Fsp3) is 0.286. The third kappa shape index (κ3) is 6.76. The summed E-state index contributed by atoms with van der Waals surface area (Å²) in [4.78, 5) is 24.3. The maximum Gasteiger partial charge on any atom is 0.327 e. The second kappa shape index (κ2) is 11.7. The van der Waals surface area contributed by atoms with Crippen molar-refractivity contribution < 1.29 is 37.0 Å². The number of rotatable bonds is 11. The molecule has 1 fully saturated rings. The first-order chi connectivity index (χ1) is 18.2. The van der Waals surface area contributed by atoms with Gasteiger partial charge in [0.05, 0.1) is 4.90 Å². The summed E-state index contributed by atoms with van der Waals surface area (Å²) in [6.07, 6.45) is 1.48. The molecular weight excluding hydrogens is 513 g/mol. The van der Waals surface area contributed by atoms with E-state index in [1.165, 1.54) is 42.5 Å². The molecule has 0 heterocycles. The van der Waals surface area contributed by atoms with Crippen LogP contribution < -0.4 is 9.46 Å². The zero-order valence-corrected chi connectivity index (χ0v) is 21.4. The summed E-state index contributed by atoms with van der Waals surface area (Å²) in [5, 5.41) is 9.20. The van der Waals surface area contributed by atoms with Crippen LogP contribution in [0.15, 0.2) is 77.7 Å². The van der Waals surface area contributed by atoms with Crippen molar-refractivity contribution in [2.24, 2.45) is 0 Å². The molecule has 0 bridgehead atoms. The molecule has 0 unspecified atom stereocenters. The van der Waals surface area contributed by atoms with Crippen LogP contribution in [0.5, 0.6) is 11.5 Å². The van der Waals surface area contributed by atoms with Gasteiger partial charge in [0.15, 0.2) is 0 Å². The van der Waals surface area contributed by atoms with Gasteiger partial charge in [-0.25, -0.2) is 12.8 Å². The minimum absolute atomic E-state index is 0.0163. The molecule has 3 aromatic rings. The number of ether oxygens (including phenoxy) is 2. The quantitative estimate of drug-likeness (QED) is 0.329. The van der Waals surface area contributed by atoms with Gasteiger partial charge in [-0.15, -0.1) is 0 Å². The van der Waals surface area contributed by atoms with E-state index >= 15 is 0 Å². The van der Waals surface area contributed by atoms with Gasteiger partial charge in [0.1, 0.15) is 29.5 Å². The van der Waals surface area contributed by atoms with Crippen LogP contribution in [-0.2, 0) is 37.4 Å². The minimum atomic E-state index is -4.25. The first-order valence-corrected chi connectivity index (χ1v) is 13.7. The molecule has 38 heavy (non-hydrogen) atoms. The highest BCUT2D eigenvalue weighted by Gasteiger charge is 2.46. The lowest BCUT2D eigenvalue weighted by molar-refractivity contribution is -0.152. The number of esters is 1. The van der Waals surface area contributed by atoms with Crippen molar-refractivity contribution in [2.45, 2.75) is 55.6 Å².